The number of rotatable bonds is 6. The second kappa shape index (κ2) is 8.00. The van der Waals surface area contributed by atoms with Gasteiger partial charge in [-0.3, -0.25) is 9.69 Å². The lowest BCUT2D eigenvalue weighted by atomic mass is 10.2. The first-order valence-electron chi connectivity index (χ1n) is 7.45. The Morgan fingerprint density at radius 3 is 2.90 bits per heavy atom. The van der Waals surface area contributed by atoms with E-state index in [-0.39, 0.29) is 18.1 Å². The van der Waals surface area contributed by atoms with Gasteiger partial charge in [-0.1, -0.05) is 18.2 Å². The zero-order chi connectivity index (χ0) is 15.1. The molecule has 1 amide bonds. The molecule has 1 aromatic carbocycles. The van der Waals surface area contributed by atoms with Crippen molar-refractivity contribution in [2.75, 3.05) is 32.8 Å². The van der Waals surface area contributed by atoms with Crippen molar-refractivity contribution in [3.05, 3.63) is 30.3 Å². The lowest BCUT2D eigenvalue weighted by molar-refractivity contribution is -0.126. The van der Waals surface area contributed by atoms with Crippen LogP contribution in [0.3, 0.4) is 0 Å². The fourth-order valence-corrected chi connectivity index (χ4v) is 2.31. The van der Waals surface area contributed by atoms with Crippen LogP contribution in [0.1, 0.15) is 13.8 Å². The quantitative estimate of drug-likeness (QED) is 0.803. The molecule has 21 heavy (non-hydrogen) atoms. The van der Waals surface area contributed by atoms with Crippen LogP contribution < -0.4 is 10.1 Å². The predicted molar refractivity (Wildman–Crippen MR) is 81.4 cm³/mol. The molecule has 0 saturated carbocycles. The van der Waals surface area contributed by atoms with E-state index in [4.69, 9.17) is 9.47 Å². The van der Waals surface area contributed by atoms with Crippen LogP contribution >= 0.6 is 0 Å². The number of benzene rings is 1. The summed E-state index contributed by atoms with van der Waals surface area (Å²) in [5, 5.41) is 2.89. The standard InChI is InChI=1S/C16H24N2O3/c1-13-12-21-14(2)10-18(13)11-16(19)17-8-9-20-15-6-4-3-5-7-15/h3-7,13-14H,8-12H2,1-2H3,(H,17,19). The van der Waals surface area contributed by atoms with Crippen LogP contribution in [0.2, 0.25) is 0 Å². The molecule has 1 N–H and O–H groups in total. The van der Waals surface area contributed by atoms with Crippen molar-refractivity contribution in [2.45, 2.75) is 26.0 Å². The molecule has 1 heterocycles. The highest BCUT2D eigenvalue weighted by atomic mass is 16.5. The van der Waals surface area contributed by atoms with Gasteiger partial charge in [0, 0.05) is 12.6 Å². The number of hydrogen-bond acceptors (Lipinski definition) is 4. The Labute approximate surface area is 126 Å². The molecule has 1 aliphatic heterocycles. The minimum atomic E-state index is 0.0348. The van der Waals surface area contributed by atoms with Crippen molar-refractivity contribution in [3.63, 3.8) is 0 Å². The number of ether oxygens (including phenoxy) is 2. The second-order valence-electron chi connectivity index (χ2n) is 5.43. The summed E-state index contributed by atoms with van der Waals surface area (Å²) in [5.41, 5.74) is 0. The van der Waals surface area contributed by atoms with Crippen molar-refractivity contribution < 1.29 is 14.3 Å². The average molecular weight is 292 g/mol. The number of carbonyl (C=O) groups is 1. The summed E-state index contributed by atoms with van der Waals surface area (Å²) in [6.45, 7) is 7.01. The van der Waals surface area contributed by atoms with E-state index in [1.165, 1.54) is 0 Å². The van der Waals surface area contributed by atoms with Crippen LogP contribution in [0.4, 0.5) is 0 Å². The first-order valence-corrected chi connectivity index (χ1v) is 7.45. The van der Waals surface area contributed by atoms with Gasteiger partial charge in [0.15, 0.2) is 0 Å². The number of para-hydroxylation sites is 1. The molecule has 0 spiro atoms. The monoisotopic (exact) mass is 292 g/mol. The van der Waals surface area contributed by atoms with Crippen molar-refractivity contribution in [3.8, 4) is 5.75 Å². The van der Waals surface area contributed by atoms with Gasteiger partial charge in [0.2, 0.25) is 5.91 Å². The summed E-state index contributed by atoms with van der Waals surface area (Å²) in [7, 11) is 0. The molecule has 0 radical (unpaired) electrons. The van der Waals surface area contributed by atoms with Gasteiger partial charge < -0.3 is 14.8 Å². The van der Waals surface area contributed by atoms with Crippen LogP contribution in [0, 0.1) is 0 Å². The maximum absolute atomic E-state index is 11.9. The molecule has 5 nitrogen and oxygen atoms in total. The van der Waals surface area contributed by atoms with E-state index in [2.05, 4.69) is 17.1 Å². The summed E-state index contributed by atoms with van der Waals surface area (Å²) in [5.74, 6) is 0.856. The SMILES string of the molecule is CC1CN(CC(=O)NCCOc2ccccc2)C(C)CO1. The van der Waals surface area contributed by atoms with E-state index in [1.54, 1.807) is 0 Å². The fourth-order valence-electron chi connectivity index (χ4n) is 2.31. The number of amides is 1. The molecule has 1 aliphatic rings. The number of nitrogens with zero attached hydrogens (tertiary/aromatic N) is 1. The number of morpholine rings is 1. The maximum atomic E-state index is 11.9. The molecule has 0 bridgehead atoms. The molecule has 2 rings (SSSR count). The molecule has 2 unspecified atom stereocenters. The van der Waals surface area contributed by atoms with E-state index < -0.39 is 0 Å². The van der Waals surface area contributed by atoms with Gasteiger partial charge in [0.25, 0.3) is 0 Å². The molecule has 1 saturated heterocycles. The summed E-state index contributed by atoms with van der Waals surface area (Å²) in [6, 6.07) is 9.88. The van der Waals surface area contributed by atoms with Gasteiger partial charge in [-0.05, 0) is 26.0 Å². The third-order valence-electron chi connectivity index (χ3n) is 3.52. The lowest BCUT2D eigenvalue weighted by Crippen LogP contribution is -2.51. The van der Waals surface area contributed by atoms with E-state index in [0.29, 0.717) is 26.3 Å². The van der Waals surface area contributed by atoms with Crippen molar-refractivity contribution in [1.29, 1.82) is 0 Å². The van der Waals surface area contributed by atoms with Crippen molar-refractivity contribution >= 4 is 5.91 Å². The van der Waals surface area contributed by atoms with Gasteiger partial charge in [-0.2, -0.15) is 0 Å². The smallest absolute Gasteiger partial charge is 0.234 e. The minimum Gasteiger partial charge on any atom is -0.492 e. The zero-order valence-electron chi connectivity index (χ0n) is 12.7. The normalized spacial score (nSPS) is 22.8. The highest BCUT2D eigenvalue weighted by Gasteiger charge is 2.24. The summed E-state index contributed by atoms with van der Waals surface area (Å²) >= 11 is 0. The Balaban J connectivity index is 1.63. The van der Waals surface area contributed by atoms with Crippen molar-refractivity contribution in [1.82, 2.24) is 10.2 Å². The van der Waals surface area contributed by atoms with Crippen LogP contribution in [0.15, 0.2) is 30.3 Å². The Hall–Kier alpha value is -1.59. The van der Waals surface area contributed by atoms with Crippen molar-refractivity contribution in [2.24, 2.45) is 0 Å². The highest BCUT2D eigenvalue weighted by molar-refractivity contribution is 5.78. The lowest BCUT2D eigenvalue weighted by Gasteiger charge is -2.36. The van der Waals surface area contributed by atoms with E-state index in [1.807, 2.05) is 37.3 Å². The van der Waals surface area contributed by atoms with Gasteiger partial charge in [0.1, 0.15) is 12.4 Å². The van der Waals surface area contributed by atoms with E-state index >= 15 is 0 Å². The number of nitrogens with one attached hydrogen (secondary N) is 1. The van der Waals surface area contributed by atoms with Crippen LogP contribution in [-0.2, 0) is 9.53 Å². The Bertz CT molecular complexity index is 438. The molecule has 2 atom stereocenters. The molecular formula is C16H24N2O3. The molecule has 5 heteroatoms. The van der Waals surface area contributed by atoms with Gasteiger partial charge in [-0.25, -0.2) is 0 Å². The summed E-state index contributed by atoms with van der Waals surface area (Å²) < 4.78 is 11.1. The second-order valence-corrected chi connectivity index (χ2v) is 5.43. The highest BCUT2D eigenvalue weighted by Crippen LogP contribution is 2.10. The molecule has 0 aromatic heterocycles. The van der Waals surface area contributed by atoms with Crippen LogP contribution in [0.5, 0.6) is 5.75 Å². The van der Waals surface area contributed by atoms with Gasteiger partial charge in [-0.15, -0.1) is 0 Å². The first-order chi connectivity index (χ1) is 10.1. The molecular weight excluding hydrogens is 268 g/mol. The zero-order valence-corrected chi connectivity index (χ0v) is 12.7. The largest absolute Gasteiger partial charge is 0.492 e. The first kappa shape index (κ1) is 15.8. The van der Waals surface area contributed by atoms with Gasteiger partial charge >= 0.3 is 0 Å². The Kier molecular flexibility index (Phi) is 6.02. The minimum absolute atomic E-state index is 0.0348. The topological polar surface area (TPSA) is 50.8 Å². The summed E-state index contributed by atoms with van der Waals surface area (Å²) in [6.07, 6.45) is 0.190. The number of hydrogen-bond donors (Lipinski definition) is 1. The molecule has 1 fully saturated rings. The number of carbonyl (C=O) groups excluding carboxylic acids is 1. The molecule has 116 valence electrons. The summed E-state index contributed by atoms with van der Waals surface area (Å²) in [4.78, 5) is 14.1. The van der Waals surface area contributed by atoms with Gasteiger partial charge in [0.05, 0.1) is 25.8 Å². The average Bonchev–Trinajstić information content (AvgIpc) is 2.48. The Morgan fingerprint density at radius 2 is 2.14 bits per heavy atom. The van der Waals surface area contributed by atoms with Crippen LogP contribution in [0.25, 0.3) is 0 Å². The maximum Gasteiger partial charge on any atom is 0.234 e. The van der Waals surface area contributed by atoms with E-state index in [0.717, 1.165) is 12.3 Å². The predicted octanol–water partition coefficient (Wildman–Crippen LogP) is 1.29. The van der Waals surface area contributed by atoms with Crippen LogP contribution in [-0.4, -0.2) is 55.8 Å². The Morgan fingerprint density at radius 1 is 1.38 bits per heavy atom. The molecule has 0 aliphatic carbocycles. The third-order valence-corrected chi connectivity index (χ3v) is 3.52. The molecule has 1 aromatic rings. The van der Waals surface area contributed by atoms with E-state index in [9.17, 15) is 4.79 Å². The fraction of sp³-hybridized carbons (Fsp3) is 0.562. The third kappa shape index (κ3) is 5.36.